The van der Waals surface area contributed by atoms with Crippen LogP contribution in [0.2, 0.25) is 0 Å². The average Bonchev–Trinajstić information content (AvgIpc) is 2.97. The lowest BCUT2D eigenvalue weighted by atomic mass is 9.54. The first-order valence-corrected chi connectivity index (χ1v) is 15.0. The van der Waals surface area contributed by atoms with Gasteiger partial charge in [0.1, 0.15) is 5.75 Å². The predicted molar refractivity (Wildman–Crippen MR) is 157 cm³/mol. The molecule has 3 aliphatic carbocycles. The van der Waals surface area contributed by atoms with Gasteiger partial charge in [0.2, 0.25) is 0 Å². The van der Waals surface area contributed by atoms with E-state index in [1.165, 1.54) is 70.1 Å². The molecule has 1 heterocycles. The van der Waals surface area contributed by atoms with Crippen molar-refractivity contribution in [3.05, 3.63) is 101 Å². The van der Waals surface area contributed by atoms with Crippen LogP contribution in [0.5, 0.6) is 5.75 Å². The van der Waals surface area contributed by atoms with Gasteiger partial charge in [-0.15, -0.1) is 0 Å². The van der Waals surface area contributed by atoms with Crippen LogP contribution >= 0.6 is 0 Å². The van der Waals surface area contributed by atoms with E-state index >= 15 is 0 Å². The van der Waals surface area contributed by atoms with E-state index in [4.69, 9.17) is 4.74 Å². The van der Waals surface area contributed by atoms with Crippen LogP contribution in [0.15, 0.2) is 72.8 Å². The second kappa shape index (κ2) is 11.6. The molecule has 7 rings (SSSR count). The number of hydrogen-bond acceptors (Lipinski definition) is 3. The highest BCUT2D eigenvalue weighted by atomic mass is 16.5. The predicted octanol–water partition coefficient (Wildman–Crippen LogP) is 7.38. The Kier molecular flexibility index (Phi) is 7.85. The zero-order valence-corrected chi connectivity index (χ0v) is 23.2. The molecule has 200 valence electrons. The Morgan fingerprint density at radius 1 is 0.842 bits per heavy atom. The van der Waals surface area contributed by atoms with Gasteiger partial charge in [-0.05, 0) is 112 Å². The van der Waals surface area contributed by atoms with Crippen LogP contribution < -0.4 is 4.74 Å². The van der Waals surface area contributed by atoms with E-state index in [9.17, 15) is 0 Å². The normalized spacial score (nSPS) is 22.3. The molecule has 3 nitrogen and oxygen atoms in total. The Bertz CT molecular complexity index is 1150. The standard InChI is InChI=1S/C35H44N2O/c1-36(27-28-15-17-29(18-16-28)38-26-10-25-37-23-7-2-8-24-37)22-9-20-35-21-19-30(31-11-3-5-13-33(31)35)32-12-4-6-14-34(32)35/h3-6,11-18,30H,2,7-10,19-27H2,1H3. The first-order chi connectivity index (χ1) is 18.7. The van der Waals surface area contributed by atoms with Crippen LogP contribution in [-0.2, 0) is 12.0 Å². The molecular formula is C35H44N2O. The van der Waals surface area contributed by atoms with Gasteiger partial charge in [-0.25, -0.2) is 0 Å². The van der Waals surface area contributed by atoms with E-state index in [-0.39, 0.29) is 5.41 Å². The van der Waals surface area contributed by atoms with E-state index in [1.807, 2.05) is 0 Å². The van der Waals surface area contributed by atoms with Crippen molar-refractivity contribution in [2.45, 2.75) is 69.2 Å². The minimum absolute atomic E-state index is 0.190. The lowest BCUT2D eigenvalue weighted by molar-refractivity contribution is 0.205. The second-order valence-corrected chi connectivity index (χ2v) is 11.9. The van der Waals surface area contributed by atoms with E-state index in [0.717, 1.165) is 31.9 Å². The monoisotopic (exact) mass is 508 g/mol. The highest BCUT2D eigenvalue weighted by Crippen LogP contribution is 2.57. The number of hydrogen-bond donors (Lipinski definition) is 0. The van der Waals surface area contributed by atoms with Gasteiger partial charge in [-0.1, -0.05) is 67.1 Å². The maximum Gasteiger partial charge on any atom is 0.119 e. The van der Waals surface area contributed by atoms with Gasteiger partial charge in [-0.2, -0.15) is 0 Å². The lowest BCUT2D eigenvalue weighted by Crippen LogP contribution is -2.40. The smallest absolute Gasteiger partial charge is 0.119 e. The summed E-state index contributed by atoms with van der Waals surface area (Å²) in [5.74, 6) is 1.59. The van der Waals surface area contributed by atoms with Crippen LogP contribution in [-0.4, -0.2) is 49.6 Å². The van der Waals surface area contributed by atoms with Crippen LogP contribution in [0.25, 0.3) is 0 Å². The highest BCUT2D eigenvalue weighted by Gasteiger charge is 2.47. The number of likely N-dealkylation sites (tertiary alicyclic amines) is 1. The number of rotatable bonds is 11. The Morgan fingerprint density at radius 2 is 1.53 bits per heavy atom. The molecule has 1 aliphatic heterocycles. The fourth-order valence-electron chi connectivity index (χ4n) is 7.55. The Hall–Kier alpha value is -2.62. The molecule has 38 heavy (non-hydrogen) atoms. The van der Waals surface area contributed by atoms with Gasteiger partial charge in [0.25, 0.3) is 0 Å². The largest absolute Gasteiger partial charge is 0.494 e. The molecule has 1 saturated heterocycles. The van der Waals surface area contributed by atoms with Crippen molar-refractivity contribution >= 4 is 0 Å². The maximum atomic E-state index is 6.03. The number of piperidine rings is 1. The molecular weight excluding hydrogens is 464 g/mol. The van der Waals surface area contributed by atoms with Gasteiger partial charge in [0, 0.05) is 24.4 Å². The summed E-state index contributed by atoms with van der Waals surface area (Å²) in [5.41, 5.74) is 7.92. The summed E-state index contributed by atoms with van der Waals surface area (Å²) >= 11 is 0. The van der Waals surface area contributed by atoms with Crippen molar-refractivity contribution in [3.63, 3.8) is 0 Å². The highest BCUT2D eigenvalue weighted by molar-refractivity contribution is 5.58. The zero-order valence-electron chi connectivity index (χ0n) is 23.2. The summed E-state index contributed by atoms with van der Waals surface area (Å²) in [6, 6.07) is 27.3. The van der Waals surface area contributed by atoms with E-state index in [1.54, 1.807) is 22.3 Å². The van der Waals surface area contributed by atoms with E-state index < -0.39 is 0 Å². The number of nitrogens with zero attached hydrogens (tertiary/aromatic N) is 2. The molecule has 0 radical (unpaired) electrons. The molecule has 3 aromatic rings. The third-order valence-electron chi connectivity index (χ3n) is 9.42. The molecule has 2 bridgehead atoms. The SMILES string of the molecule is CN(CCCC12CCC(c3ccccc31)c1ccccc12)Cc1ccc(OCCCN2CCCCC2)cc1. The summed E-state index contributed by atoms with van der Waals surface area (Å²) in [6.07, 6.45) is 10.2. The third-order valence-corrected chi connectivity index (χ3v) is 9.42. The molecule has 0 spiro atoms. The number of ether oxygens (including phenoxy) is 1. The molecule has 0 unspecified atom stereocenters. The lowest BCUT2D eigenvalue weighted by Gasteiger charge is -2.50. The second-order valence-electron chi connectivity index (χ2n) is 11.9. The Balaban J connectivity index is 1.00. The Labute approximate surface area is 229 Å². The molecule has 0 saturated carbocycles. The van der Waals surface area contributed by atoms with Crippen molar-refractivity contribution < 1.29 is 4.74 Å². The molecule has 0 amide bonds. The van der Waals surface area contributed by atoms with Crippen molar-refractivity contribution in [2.24, 2.45) is 0 Å². The molecule has 3 aromatic carbocycles. The van der Waals surface area contributed by atoms with Gasteiger partial charge < -0.3 is 14.5 Å². The van der Waals surface area contributed by atoms with Crippen molar-refractivity contribution in [1.29, 1.82) is 0 Å². The van der Waals surface area contributed by atoms with Crippen molar-refractivity contribution in [1.82, 2.24) is 9.80 Å². The van der Waals surface area contributed by atoms with Crippen LogP contribution in [0.1, 0.15) is 85.1 Å². The minimum atomic E-state index is 0.190. The third kappa shape index (κ3) is 5.28. The fraction of sp³-hybridized carbons (Fsp3) is 0.486. The summed E-state index contributed by atoms with van der Waals surface area (Å²) in [7, 11) is 2.27. The quantitative estimate of drug-likeness (QED) is 0.251. The van der Waals surface area contributed by atoms with Crippen molar-refractivity contribution in [3.8, 4) is 5.75 Å². The topological polar surface area (TPSA) is 15.7 Å². The van der Waals surface area contributed by atoms with Crippen LogP contribution in [0, 0.1) is 0 Å². The van der Waals surface area contributed by atoms with E-state index in [2.05, 4.69) is 89.6 Å². The summed E-state index contributed by atoms with van der Waals surface area (Å²) in [4.78, 5) is 5.07. The molecule has 3 heteroatoms. The average molecular weight is 509 g/mol. The summed E-state index contributed by atoms with van der Waals surface area (Å²) < 4.78 is 6.03. The Morgan fingerprint density at radius 3 is 2.24 bits per heavy atom. The molecule has 0 aromatic heterocycles. The fourth-order valence-corrected chi connectivity index (χ4v) is 7.55. The van der Waals surface area contributed by atoms with Gasteiger partial charge >= 0.3 is 0 Å². The molecule has 0 N–H and O–H groups in total. The maximum absolute atomic E-state index is 6.03. The summed E-state index contributed by atoms with van der Waals surface area (Å²) in [6.45, 7) is 6.61. The zero-order chi connectivity index (χ0) is 25.8. The molecule has 1 fully saturated rings. The minimum Gasteiger partial charge on any atom is -0.494 e. The number of benzene rings is 3. The first-order valence-electron chi connectivity index (χ1n) is 15.0. The summed E-state index contributed by atoms with van der Waals surface area (Å²) in [5, 5.41) is 0. The van der Waals surface area contributed by atoms with Gasteiger partial charge in [-0.3, -0.25) is 0 Å². The van der Waals surface area contributed by atoms with Crippen LogP contribution in [0.4, 0.5) is 0 Å². The van der Waals surface area contributed by atoms with Gasteiger partial charge in [0.15, 0.2) is 0 Å². The number of fused-ring (bicyclic) bond motifs is 1. The first kappa shape index (κ1) is 25.6. The van der Waals surface area contributed by atoms with Crippen molar-refractivity contribution in [2.75, 3.05) is 39.8 Å². The molecule has 4 aliphatic rings. The van der Waals surface area contributed by atoms with E-state index in [0.29, 0.717) is 5.92 Å². The van der Waals surface area contributed by atoms with Gasteiger partial charge in [0.05, 0.1) is 6.61 Å². The van der Waals surface area contributed by atoms with Crippen LogP contribution in [0.3, 0.4) is 0 Å². The molecule has 0 atom stereocenters.